The first kappa shape index (κ1) is 22.9. The summed E-state index contributed by atoms with van der Waals surface area (Å²) in [4.78, 5) is 16.2. The average molecular weight is 504 g/mol. The van der Waals surface area contributed by atoms with Gasteiger partial charge in [-0.25, -0.2) is 9.50 Å². The van der Waals surface area contributed by atoms with Gasteiger partial charge in [-0.15, -0.1) is 0 Å². The standard InChI is InChI=1S/C30H29N7O/c1-38-25-4-2-3-22(16-25)28-29(21-5-10-31-11-6-21)35-37-27(7-12-33-30(28)37)23-15-24(18-32-17-23)34-26-19-36-13-8-20(26)9-14-36/h2-7,10-12,15-18,20,26,34H,8-9,13-14,19H2,1H3/t26-/m0/s1. The fourth-order valence-corrected chi connectivity index (χ4v) is 5.92. The Morgan fingerprint density at radius 2 is 1.76 bits per heavy atom. The summed E-state index contributed by atoms with van der Waals surface area (Å²) in [7, 11) is 1.68. The number of anilines is 1. The van der Waals surface area contributed by atoms with E-state index in [9.17, 15) is 0 Å². The average Bonchev–Trinajstić information content (AvgIpc) is 3.38. The fraction of sp³-hybridized carbons (Fsp3) is 0.267. The molecule has 3 saturated heterocycles. The SMILES string of the molecule is COc1cccc(-c2c(-c3ccncc3)nn3c(-c4cncc(N[C@H]5CN6CCC5CC6)c4)ccnc23)c1. The summed E-state index contributed by atoms with van der Waals surface area (Å²) >= 11 is 0. The Hall–Kier alpha value is -4.30. The van der Waals surface area contributed by atoms with Crippen molar-refractivity contribution in [2.75, 3.05) is 32.1 Å². The van der Waals surface area contributed by atoms with Gasteiger partial charge in [-0.2, -0.15) is 5.10 Å². The monoisotopic (exact) mass is 503 g/mol. The highest BCUT2D eigenvalue weighted by molar-refractivity contribution is 5.91. The zero-order valence-corrected chi connectivity index (χ0v) is 21.3. The summed E-state index contributed by atoms with van der Waals surface area (Å²) in [6.45, 7) is 3.56. The molecule has 0 radical (unpaired) electrons. The molecule has 0 amide bonds. The molecule has 0 aliphatic carbocycles. The zero-order chi connectivity index (χ0) is 25.5. The van der Waals surface area contributed by atoms with Gasteiger partial charge in [-0.1, -0.05) is 12.1 Å². The first-order valence-electron chi connectivity index (χ1n) is 13.1. The third-order valence-electron chi connectivity index (χ3n) is 7.87. The van der Waals surface area contributed by atoms with Gasteiger partial charge in [0.2, 0.25) is 0 Å². The van der Waals surface area contributed by atoms with E-state index < -0.39 is 0 Å². The lowest BCUT2D eigenvalue weighted by Gasteiger charge is -2.45. The maximum atomic E-state index is 5.52. The van der Waals surface area contributed by atoms with Crippen LogP contribution in [0.5, 0.6) is 5.75 Å². The van der Waals surface area contributed by atoms with Gasteiger partial charge in [0.15, 0.2) is 5.65 Å². The Morgan fingerprint density at radius 1 is 0.895 bits per heavy atom. The predicted molar refractivity (Wildman–Crippen MR) is 148 cm³/mol. The fourth-order valence-electron chi connectivity index (χ4n) is 5.92. The van der Waals surface area contributed by atoms with Crippen molar-refractivity contribution in [2.24, 2.45) is 5.92 Å². The van der Waals surface area contributed by atoms with Crippen LogP contribution in [0.25, 0.3) is 39.3 Å². The second-order valence-electron chi connectivity index (χ2n) is 10.1. The van der Waals surface area contributed by atoms with E-state index in [0.717, 1.165) is 63.2 Å². The molecule has 8 rings (SSSR count). The number of rotatable bonds is 6. The van der Waals surface area contributed by atoms with Crippen LogP contribution in [0.2, 0.25) is 0 Å². The Balaban J connectivity index is 1.34. The number of nitrogens with one attached hydrogen (secondary N) is 1. The molecule has 3 aliphatic heterocycles. The van der Waals surface area contributed by atoms with Gasteiger partial charge in [0, 0.05) is 54.7 Å². The predicted octanol–water partition coefficient (Wildman–Crippen LogP) is 5.04. The summed E-state index contributed by atoms with van der Waals surface area (Å²) in [5.74, 6) is 1.52. The Labute approximate surface area is 221 Å². The number of methoxy groups -OCH3 is 1. The number of pyridine rings is 2. The van der Waals surface area contributed by atoms with E-state index in [4.69, 9.17) is 14.8 Å². The van der Waals surface area contributed by atoms with Gasteiger partial charge < -0.3 is 15.0 Å². The van der Waals surface area contributed by atoms with Crippen molar-refractivity contribution in [1.29, 1.82) is 0 Å². The Bertz CT molecular complexity index is 1590. The van der Waals surface area contributed by atoms with Crippen LogP contribution < -0.4 is 10.1 Å². The van der Waals surface area contributed by atoms with E-state index >= 15 is 0 Å². The van der Waals surface area contributed by atoms with Crippen LogP contribution in [0.3, 0.4) is 0 Å². The molecule has 3 aliphatic rings. The van der Waals surface area contributed by atoms with Gasteiger partial charge in [0.1, 0.15) is 11.4 Å². The third-order valence-corrected chi connectivity index (χ3v) is 7.87. The molecule has 8 heteroatoms. The summed E-state index contributed by atoms with van der Waals surface area (Å²) in [5, 5.41) is 8.88. The van der Waals surface area contributed by atoms with Crippen LogP contribution in [0.4, 0.5) is 5.69 Å². The van der Waals surface area contributed by atoms with E-state index in [1.54, 1.807) is 19.5 Å². The molecule has 1 N–H and O–H groups in total. The molecule has 0 unspecified atom stereocenters. The van der Waals surface area contributed by atoms with Crippen molar-refractivity contribution in [1.82, 2.24) is 29.5 Å². The molecule has 2 bridgehead atoms. The lowest BCUT2D eigenvalue weighted by atomic mass is 9.84. The number of piperidine rings is 3. The maximum absolute atomic E-state index is 5.52. The molecule has 38 heavy (non-hydrogen) atoms. The van der Waals surface area contributed by atoms with E-state index in [1.807, 2.05) is 59.5 Å². The highest BCUT2D eigenvalue weighted by atomic mass is 16.5. The number of aromatic nitrogens is 5. The van der Waals surface area contributed by atoms with Crippen LogP contribution in [0, 0.1) is 5.92 Å². The topological polar surface area (TPSA) is 80.5 Å². The molecule has 1 atom stereocenters. The van der Waals surface area contributed by atoms with Gasteiger partial charge in [0.05, 0.1) is 24.1 Å². The lowest BCUT2D eigenvalue weighted by Crippen LogP contribution is -2.53. The number of hydrogen-bond donors (Lipinski definition) is 1. The molecule has 1 aromatic carbocycles. The maximum Gasteiger partial charge on any atom is 0.164 e. The Kier molecular flexibility index (Phi) is 5.74. The molecule has 0 spiro atoms. The van der Waals surface area contributed by atoms with Crippen LogP contribution >= 0.6 is 0 Å². The number of ether oxygens (including phenoxy) is 1. The number of hydrogen-bond acceptors (Lipinski definition) is 7. The van der Waals surface area contributed by atoms with E-state index in [-0.39, 0.29) is 0 Å². The third kappa shape index (κ3) is 4.07. The van der Waals surface area contributed by atoms with Gasteiger partial charge in [0.25, 0.3) is 0 Å². The normalized spacial score (nSPS) is 20.5. The second kappa shape index (κ2) is 9.54. The molecule has 3 fully saturated rings. The zero-order valence-electron chi connectivity index (χ0n) is 21.3. The van der Waals surface area contributed by atoms with Crippen molar-refractivity contribution < 1.29 is 4.74 Å². The lowest BCUT2D eigenvalue weighted by molar-refractivity contribution is 0.0975. The molecular weight excluding hydrogens is 474 g/mol. The summed E-state index contributed by atoms with van der Waals surface area (Å²) in [5.41, 5.74) is 7.51. The molecule has 0 saturated carbocycles. The minimum Gasteiger partial charge on any atom is -0.497 e. The largest absolute Gasteiger partial charge is 0.497 e. The summed E-state index contributed by atoms with van der Waals surface area (Å²) in [6.07, 6.45) is 11.8. The van der Waals surface area contributed by atoms with Gasteiger partial charge in [-0.05, 0) is 73.8 Å². The molecular formula is C30H29N7O. The first-order valence-corrected chi connectivity index (χ1v) is 13.1. The smallest absolute Gasteiger partial charge is 0.164 e. The molecule has 5 aromatic rings. The second-order valence-corrected chi connectivity index (χ2v) is 10.1. The molecule has 4 aromatic heterocycles. The van der Waals surface area contributed by atoms with E-state index in [1.165, 1.54) is 25.9 Å². The quantitative estimate of drug-likeness (QED) is 0.348. The number of nitrogens with zero attached hydrogens (tertiary/aromatic N) is 6. The van der Waals surface area contributed by atoms with Crippen LogP contribution in [-0.2, 0) is 0 Å². The summed E-state index contributed by atoms with van der Waals surface area (Å²) in [6, 6.07) is 16.6. The Morgan fingerprint density at radius 3 is 2.55 bits per heavy atom. The van der Waals surface area contributed by atoms with Crippen molar-refractivity contribution in [3.05, 3.63) is 79.5 Å². The van der Waals surface area contributed by atoms with E-state index in [2.05, 4.69) is 32.3 Å². The van der Waals surface area contributed by atoms with Gasteiger partial charge in [-0.3, -0.25) is 9.97 Å². The number of benzene rings is 1. The molecule has 8 nitrogen and oxygen atoms in total. The van der Waals surface area contributed by atoms with Gasteiger partial charge >= 0.3 is 0 Å². The number of fused-ring (bicyclic) bond motifs is 4. The highest BCUT2D eigenvalue weighted by Crippen LogP contribution is 2.37. The molecule has 7 heterocycles. The minimum absolute atomic E-state index is 0.467. The van der Waals surface area contributed by atoms with Crippen molar-refractivity contribution in [3.8, 4) is 39.4 Å². The van der Waals surface area contributed by atoms with Crippen LogP contribution in [0.1, 0.15) is 12.8 Å². The minimum atomic E-state index is 0.467. The van der Waals surface area contributed by atoms with Crippen molar-refractivity contribution in [3.63, 3.8) is 0 Å². The first-order chi connectivity index (χ1) is 18.8. The highest BCUT2D eigenvalue weighted by Gasteiger charge is 2.34. The van der Waals surface area contributed by atoms with Crippen molar-refractivity contribution in [2.45, 2.75) is 18.9 Å². The van der Waals surface area contributed by atoms with E-state index in [0.29, 0.717) is 6.04 Å². The van der Waals surface area contributed by atoms with Crippen molar-refractivity contribution >= 4 is 11.3 Å². The van der Waals surface area contributed by atoms with Crippen LogP contribution in [-0.4, -0.2) is 62.3 Å². The summed E-state index contributed by atoms with van der Waals surface area (Å²) < 4.78 is 7.45. The van der Waals surface area contributed by atoms with Crippen LogP contribution in [0.15, 0.2) is 79.5 Å². The molecule has 190 valence electrons.